The van der Waals surface area contributed by atoms with Crippen molar-refractivity contribution in [2.75, 3.05) is 12.3 Å². The van der Waals surface area contributed by atoms with Crippen molar-refractivity contribution in [3.05, 3.63) is 27.1 Å². The number of H-pyrrole nitrogens is 1. The zero-order chi connectivity index (χ0) is 29.4. The quantitative estimate of drug-likeness (QED) is 0.0685. The van der Waals surface area contributed by atoms with Crippen LogP contribution < -0.4 is 11.3 Å². The molecule has 3 heterocycles. The van der Waals surface area contributed by atoms with E-state index in [1.165, 1.54) is 10.9 Å². The molecule has 0 amide bonds. The van der Waals surface area contributed by atoms with E-state index in [-0.39, 0.29) is 17.1 Å². The Morgan fingerprint density at radius 2 is 1.54 bits per heavy atom. The molecule has 0 aliphatic carbocycles. The third kappa shape index (κ3) is 14.9. The Labute approximate surface area is 202 Å². The number of imidazole rings is 1. The van der Waals surface area contributed by atoms with Crippen LogP contribution in [0.2, 0.25) is 0 Å². The molecule has 1 saturated heterocycles. The van der Waals surface area contributed by atoms with E-state index in [1.807, 2.05) is 0 Å². The SMILES string of the molecule is O=P(O)(O)O.O=P(O)(O)O.O=P(O)(O)O.[N-]=[N+]=N[C@H]1[C@H](O)[C@@H](CO)O[C@H]1n1cnc2c(=O)[nH]c(N)nc21. The lowest BCUT2D eigenvalue weighted by Crippen LogP contribution is -2.31. The first-order valence-corrected chi connectivity index (χ1v) is 13.3. The monoisotopic (exact) mass is 602 g/mol. The molecule has 27 heteroatoms. The van der Waals surface area contributed by atoms with Gasteiger partial charge < -0.3 is 64.7 Å². The van der Waals surface area contributed by atoms with Crippen LogP contribution in [-0.2, 0) is 18.4 Å². The molecule has 1 fully saturated rings. The summed E-state index contributed by atoms with van der Waals surface area (Å²) in [6.07, 6.45) is -1.84. The van der Waals surface area contributed by atoms with Crippen LogP contribution in [0.5, 0.6) is 0 Å². The summed E-state index contributed by atoms with van der Waals surface area (Å²) in [5, 5.41) is 22.7. The van der Waals surface area contributed by atoms with E-state index >= 15 is 0 Å². The fraction of sp³-hybridized carbons (Fsp3) is 0.500. The van der Waals surface area contributed by atoms with Crippen LogP contribution in [0.15, 0.2) is 16.2 Å². The Bertz CT molecular complexity index is 1200. The minimum Gasteiger partial charge on any atom is -0.394 e. The van der Waals surface area contributed by atoms with Crippen LogP contribution in [0.4, 0.5) is 5.95 Å². The predicted molar refractivity (Wildman–Crippen MR) is 115 cm³/mol. The molecule has 0 spiro atoms. The molecular formula is C10H21N8O16P3. The van der Waals surface area contributed by atoms with Crippen LogP contribution in [0.1, 0.15) is 6.23 Å². The smallest absolute Gasteiger partial charge is 0.394 e. The number of nitrogen functional groups attached to an aromatic ring is 1. The van der Waals surface area contributed by atoms with E-state index in [2.05, 4.69) is 25.0 Å². The summed E-state index contributed by atoms with van der Waals surface area (Å²) in [4.78, 5) is 89.3. The van der Waals surface area contributed by atoms with Gasteiger partial charge in [0, 0.05) is 4.91 Å². The standard InChI is InChI=1S/C10H12N8O4.3H3O4P/c11-10-14-7-5(8(21)15-10)13-2-18(7)9-4(16-17-12)6(20)3(1-19)22-9;3*1-5(2,3)4/h2-4,6,9,19-20H,1H2,(H3,11,14,15,21);3*(H3,1,2,3,4)/t3-,4+,6-,9-;;;/m1.../s1. The number of aliphatic hydroxyl groups excluding tert-OH is 2. The number of nitrogens with zero attached hydrogens (tertiary/aromatic N) is 6. The summed E-state index contributed by atoms with van der Waals surface area (Å²) in [6, 6.07) is -1.01. The lowest BCUT2D eigenvalue weighted by atomic mass is 10.1. The highest BCUT2D eigenvalue weighted by Crippen LogP contribution is 2.33. The van der Waals surface area contributed by atoms with Gasteiger partial charge in [0.05, 0.1) is 19.0 Å². The van der Waals surface area contributed by atoms with Crippen LogP contribution in [0.25, 0.3) is 21.6 Å². The third-order valence-corrected chi connectivity index (χ3v) is 3.43. The Hall–Kier alpha value is -2.33. The highest BCUT2D eigenvalue weighted by Gasteiger charge is 2.44. The highest BCUT2D eigenvalue weighted by molar-refractivity contribution is 7.45. The van der Waals surface area contributed by atoms with Gasteiger partial charge in [0.1, 0.15) is 18.4 Å². The molecular weight excluding hydrogens is 581 g/mol. The van der Waals surface area contributed by atoms with E-state index < -0.39 is 60.1 Å². The molecule has 0 saturated carbocycles. The van der Waals surface area contributed by atoms with Gasteiger partial charge in [-0.2, -0.15) is 4.98 Å². The minimum absolute atomic E-state index is 0.0272. The number of fused-ring (bicyclic) bond motifs is 1. The second-order valence-electron chi connectivity index (χ2n) is 6.25. The van der Waals surface area contributed by atoms with Crippen molar-refractivity contribution < 1.29 is 72.7 Å². The van der Waals surface area contributed by atoms with E-state index in [9.17, 15) is 15.0 Å². The zero-order valence-corrected chi connectivity index (χ0v) is 20.3. The first kappa shape index (κ1) is 34.7. The van der Waals surface area contributed by atoms with E-state index in [0.29, 0.717) is 0 Å². The van der Waals surface area contributed by atoms with Gasteiger partial charge in [0.2, 0.25) is 5.95 Å². The number of azide groups is 1. The van der Waals surface area contributed by atoms with E-state index in [4.69, 9.17) is 73.7 Å². The number of hydrogen-bond donors (Lipinski definition) is 13. The van der Waals surface area contributed by atoms with Gasteiger partial charge in [-0.1, -0.05) is 5.11 Å². The lowest BCUT2D eigenvalue weighted by Gasteiger charge is -2.16. The van der Waals surface area contributed by atoms with Crippen molar-refractivity contribution in [3.63, 3.8) is 0 Å². The Morgan fingerprint density at radius 1 is 1.08 bits per heavy atom. The highest BCUT2D eigenvalue weighted by atomic mass is 31.2. The Balaban J connectivity index is 0.000000711. The van der Waals surface area contributed by atoms with Crippen molar-refractivity contribution in [1.82, 2.24) is 19.5 Å². The minimum atomic E-state index is -4.64. The van der Waals surface area contributed by atoms with E-state index in [0.717, 1.165) is 0 Å². The van der Waals surface area contributed by atoms with Crippen LogP contribution in [0.3, 0.4) is 0 Å². The largest absolute Gasteiger partial charge is 0.466 e. The normalized spacial score (nSPS) is 21.4. The molecule has 4 atom stereocenters. The number of rotatable bonds is 3. The molecule has 1 aliphatic rings. The van der Waals surface area contributed by atoms with Crippen molar-refractivity contribution in [2.24, 2.45) is 5.11 Å². The topological polar surface area (TPSA) is 421 Å². The molecule has 3 rings (SSSR count). The lowest BCUT2D eigenvalue weighted by molar-refractivity contribution is -0.0436. The Kier molecular flexibility index (Phi) is 13.1. The number of aliphatic hydroxyl groups is 2. The maximum absolute atomic E-state index is 11.8. The summed E-state index contributed by atoms with van der Waals surface area (Å²) in [5.41, 5.74) is 13.8. The summed E-state index contributed by atoms with van der Waals surface area (Å²) < 4.78 is 33.5. The molecule has 1 aliphatic heterocycles. The Morgan fingerprint density at radius 3 is 1.95 bits per heavy atom. The number of nitrogens with one attached hydrogen (secondary N) is 1. The fourth-order valence-corrected chi connectivity index (χ4v) is 2.42. The van der Waals surface area contributed by atoms with Crippen LogP contribution in [-0.4, -0.2) is 98.6 Å². The van der Waals surface area contributed by atoms with Gasteiger partial charge in [-0.05, 0) is 5.53 Å². The van der Waals surface area contributed by atoms with Gasteiger partial charge in [0.15, 0.2) is 11.2 Å². The third-order valence-electron chi connectivity index (χ3n) is 3.43. The molecule has 0 aromatic carbocycles. The fourth-order valence-electron chi connectivity index (χ4n) is 2.42. The van der Waals surface area contributed by atoms with E-state index in [1.54, 1.807) is 0 Å². The van der Waals surface area contributed by atoms with Crippen LogP contribution in [0, 0.1) is 0 Å². The van der Waals surface area contributed by atoms with Crippen molar-refractivity contribution in [2.45, 2.75) is 24.5 Å². The van der Waals surface area contributed by atoms with Crippen LogP contribution >= 0.6 is 23.5 Å². The first-order valence-electron chi connectivity index (χ1n) is 8.62. The maximum Gasteiger partial charge on any atom is 0.466 e. The zero-order valence-electron chi connectivity index (χ0n) is 17.7. The van der Waals surface area contributed by atoms with Gasteiger partial charge >= 0.3 is 23.5 Å². The van der Waals surface area contributed by atoms with Crippen molar-refractivity contribution in [3.8, 4) is 0 Å². The predicted octanol–water partition coefficient (Wildman–Crippen LogP) is -4.15. The van der Waals surface area contributed by atoms with Crippen molar-refractivity contribution in [1.29, 1.82) is 0 Å². The van der Waals surface area contributed by atoms with Gasteiger partial charge in [-0.25, -0.2) is 18.7 Å². The average Bonchev–Trinajstić information content (AvgIpc) is 3.19. The molecule has 2 aromatic heterocycles. The molecule has 37 heavy (non-hydrogen) atoms. The second-order valence-corrected chi connectivity index (χ2v) is 9.33. The number of hydrogen-bond acceptors (Lipinski definition) is 11. The van der Waals surface area contributed by atoms with Gasteiger partial charge in [0.25, 0.3) is 5.56 Å². The number of aromatic nitrogens is 4. The number of ether oxygens (including phenoxy) is 1. The number of aromatic amines is 1. The molecule has 2 aromatic rings. The summed E-state index contributed by atoms with van der Waals surface area (Å²) >= 11 is 0. The molecule has 14 N–H and O–H groups in total. The maximum atomic E-state index is 11.8. The average molecular weight is 602 g/mol. The first-order chi connectivity index (χ1) is 16.6. The van der Waals surface area contributed by atoms with Gasteiger partial charge in [-0.3, -0.25) is 14.3 Å². The molecule has 0 radical (unpaired) electrons. The molecule has 24 nitrogen and oxygen atoms in total. The number of nitrogens with two attached hydrogens (primary N) is 1. The summed E-state index contributed by atoms with van der Waals surface area (Å²) in [5.74, 6) is -0.114. The van der Waals surface area contributed by atoms with Gasteiger partial charge in [-0.15, -0.1) is 0 Å². The number of anilines is 1. The summed E-state index contributed by atoms with van der Waals surface area (Å²) in [7, 11) is -13.9. The number of phosphoric acid groups is 3. The molecule has 212 valence electrons. The molecule has 0 unspecified atom stereocenters. The molecule has 0 bridgehead atoms. The second kappa shape index (κ2) is 14.0. The van der Waals surface area contributed by atoms with Crippen molar-refractivity contribution >= 4 is 40.6 Å². The summed E-state index contributed by atoms with van der Waals surface area (Å²) in [6.45, 7) is -0.460.